The van der Waals surface area contributed by atoms with Gasteiger partial charge in [0.15, 0.2) is 0 Å². The molecule has 1 aromatic heterocycles. The number of ether oxygens (including phenoxy) is 1. The van der Waals surface area contributed by atoms with Crippen molar-refractivity contribution in [1.29, 1.82) is 0 Å². The van der Waals surface area contributed by atoms with E-state index in [4.69, 9.17) is 4.74 Å². The predicted molar refractivity (Wildman–Crippen MR) is 82.3 cm³/mol. The number of aromatic carboxylic acids is 1. The highest BCUT2D eigenvalue weighted by molar-refractivity contribution is 6.06. The predicted octanol–water partition coefficient (Wildman–Crippen LogP) is 4.16. The lowest BCUT2D eigenvalue weighted by molar-refractivity contribution is 0.0697. The molecule has 1 aliphatic rings. The van der Waals surface area contributed by atoms with Crippen molar-refractivity contribution in [3.05, 3.63) is 29.5 Å². The van der Waals surface area contributed by atoms with E-state index in [2.05, 4.69) is 4.57 Å². The first kappa shape index (κ1) is 14.0. The maximum Gasteiger partial charge on any atom is 0.338 e. The fourth-order valence-electron chi connectivity index (χ4n) is 3.69. The smallest absolute Gasteiger partial charge is 0.338 e. The van der Waals surface area contributed by atoms with Crippen molar-refractivity contribution >= 4 is 16.9 Å². The second kappa shape index (κ2) is 5.43. The quantitative estimate of drug-likeness (QED) is 0.922. The van der Waals surface area contributed by atoms with Crippen LogP contribution in [-0.4, -0.2) is 22.8 Å². The summed E-state index contributed by atoms with van der Waals surface area (Å²) in [5.74, 6) is -0.103. The van der Waals surface area contributed by atoms with Gasteiger partial charge in [-0.05, 0) is 25.8 Å². The van der Waals surface area contributed by atoms with Crippen LogP contribution in [0.3, 0.4) is 0 Å². The number of carboxylic acids is 1. The highest BCUT2D eigenvalue weighted by Crippen LogP contribution is 2.39. The Bertz CT molecular complexity index is 681. The van der Waals surface area contributed by atoms with E-state index in [-0.39, 0.29) is 0 Å². The van der Waals surface area contributed by atoms with Gasteiger partial charge in [0.1, 0.15) is 5.75 Å². The van der Waals surface area contributed by atoms with Crippen LogP contribution in [0.1, 0.15) is 54.2 Å². The van der Waals surface area contributed by atoms with Crippen LogP contribution in [0.2, 0.25) is 0 Å². The second-order valence-corrected chi connectivity index (χ2v) is 5.78. The minimum Gasteiger partial charge on any atom is -0.495 e. The van der Waals surface area contributed by atoms with Crippen molar-refractivity contribution in [2.24, 2.45) is 0 Å². The molecule has 1 aliphatic carbocycles. The molecule has 2 aromatic rings. The van der Waals surface area contributed by atoms with Crippen LogP contribution in [-0.2, 0) is 0 Å². The van der Waals surface area contributed by atoms with Gasteiger partial charge in [0.2, 0.25) is 0 Å². The number of para-hydroxylation sites is 1. The Kier molecular flexibility index (Phi) is 3.62. The molecule has 0 radical (unpaired) electrons. The minimum absolute atomic E-state index is 0.380. The Balaban J connectivity index is 2.30. The molecular weight excluding hydrogens is 266 g/mol. The van der Waals surface area contributed by atoms with Gasteiger partial charge < -0.3 is 14.4 Å². The molecule has 0 bridgehead atoms. The van der Waals surface area contributed by atoms with Crippen LogP contribution in [0.25, 0.3) is 10.9 Å². The zero-order valence-corrected chi connectivity index (χ0v) is 12.6. The van der Waals surface area contributed by atoms with Crippen LogP contribution in [0, 0.1) is 6.92 Å². The first-order valence-electron chi connectivity index (χ1n) is 7.56. The third-order valence-corrected chi connectivity index (χ3v) is 4.61. The number of nitrogens with zero attached hydrogens (tertiary/aromatic N) is 1. The van der Waals surface area contributed by atoms with Gasteiger partial charge >= 0.3 is 5.97 Å². The van der Waals surface area contributed by atoms with E-state index in [1.54, 1.807) is 7.11 Å². The average Bonchev–Trinajstić information content (AvgIpc) is 2.80. The lowest BCUT2D eigenvalue weighted by Crippen LogP contribution is -2.15. The summed E-state index contributed by atoms with van der Waals surface area (Å²) >= 11 is 0. The average molecular weight is 287 g/mol. The fourth-order valence-corrected chi connectivity index (χ4v) is 3.69. The summed E-state index contributed by atoms with van der Waals surface area (Å²) in [5.41, 5.74) is 2.19. The number of rotatable bonds is 3. The number of carbonyl (C=O) groups is 1. The van der Waals surface area contributed by atoms with Crippen molar-refractivity contribution in [3.8, 4) is 5.75 Å². The lowest BCUT2D eigenvalue weighted by Gasteiger charge is -2.26. The van der Waals surface area contributed by atoms with Gasteiger partial charge in [-0.3, -0.25) is 0 Å². The summed E-state index contributed by atoms with van der Waals surface area (Å²) in [6.07, 6.45) is 5.92. The third-order valence-electron chi connectivity index (χ3n) is 4.61. The molecule has 4 nitrogen and oxygen atoms in total. The Morgan fingerprint density at radius 1 is 1.29 bits per heavy atom. The van der Waals surface area contributed by atoms with Crippen LogP contribution in [0.15, 0.2) is 18.2 Å². The molecule has 3 rings (SSSR count). The van der Waals surface area contributed by atoms with Gasteiger partial charge in [0.05, 0.1) is 18.2 Å². The molecule has 0 saturated heterocycles. The van der Waals surface area contributed by atoms with E-state index < -0.39 is 5.97 Å². The normalized spacial score (nSPS) is 16.3. The Morgan fingerprint density at radius 2 is 2.00 bits per heavy atom. The van der Waals surface area contributed by atoms with Crippen molar-refractivity contribution in [2.75, 3.05) is 7.11 Å². The summed E-state index contributed by atoms with van der Waals surface area (Å²) in [6.45, 7) is 1.91. The molecule has 112 valence electrons. The largest absolute Gasteiger partial charge is 0.495 e. The van der Waals surface area contributed by atoms with Crippen molar-refractivity contribution in [1.82, 2.24) is 4.57 Å². The van der Waals surface area contributed by atoms with E-state index in [1.165, 1.54) is 19.3 Å². The number of hydrogen-bond donors (Lipinski definition) is 1. The number of aromatic nitrogens is 1. The second-order valence-electron chi connectivity index (χ2n) is 5.78. The van der Waals surface area contributed by atoms with Crippen LogP contribution >= 0.6 is 0 Å². The maximum atomic E-state index is 11.7. The highest BCUT2D eigenvalue weighted by atomic mass is 16.5. The zero-order valence-electron chi connectivity index (χ0n) is 12.6. The van der Waals surface area contributed by atoms with E-state index in [0.29, 0.717) is 11.6 Å². The molecule has 0 amide bonds. The lowest BCUT2D eigenvalue weighted by atomic mass is 9.95. The van der Waals surface area contributed by atoms with E-state index in [9.17, 15) is 9.90 Å². The molecule has 1 N–H and O–H groups in total. The molecule has 1 fully saturated rings. The molecule has 0 spiro atoms. The first-order valence-corrected chi connectivity index (χ1v) is 7.56. The summed E-state index contributed by atoms with van der Waals surface area (Å²) in [6, 6.07) is 6.03. The number of carboxylic acid groups (broad SMARTS) is 1. The van der Waals surface area contributed by atoms with E-state index >= 15 is 0 Å². The summed E-state index contributed by atoms with van der Waals surface area (Å²) in [7, 11) is 1.64. The standard InChI is InChI=1S/C17H21NO3/c1-11-15(17(19)20)13-9-6-10-14(21-2)16(13)18(11)12-7-4-3-5-8-12/h6,9-10,12H,3-5,7-8H2,1-2H3,(H,19,20). The molecule has 1 aromatic carbocycles. The van der Waals surface area contributed by atoms with Crippen LogP contribution < -0.4 is 4.74 Å². The van der Waals surface area contributed by atoms with Crippen LogP contribution in [0.5, 0.6) is 5.75 Å². The third kappa shape index (κ3) is 2.19. The van der Waals surface area contributed by atoms with Crippen molar-refractivity contribution in [3.63, 3.8) is 0 Å². The molecule has 0 unspecified atom stereocenters. The number of methoxy groups -OCH3 is 1. The highest BCUT2D eigenvalue weighted by Gasteiger charge is 2.26. The number of benzene rings is 1. The first-order chi connectivity index (χ1) is 10.1. The van der Waals surface area contributed by atoms with Gasteiger partial charge in [-0.15, -0.1) is 0 Å². The minimum atomic E-state index is -0.861. The molecule has 0 atom stereocenters. The monoisotopic (exact) mass is 287 g/mol. The fraction of sp³-hybridized carbons (Fsp3) is 0.471. The molecular formula is C17H21NO3. The van der Waals surface area contributed by atoms with Crippen molar-refractivity contribution in [2.45, 2.75) is 45.1 Å². The summed E-state index contributed by atoms with van der Waals surface area (Å²) in [5, 5.41) is 10.4. The van der Waals surface area contributed by atoms with Gasteiger partial charge in [-0.2, -0.15) is 0 Å². The molecule has 21 heavy (non-hydrogen) atoms. The van der Waals surface area contributed by atoms with Crippen LogP contribution in [0.4, 0.5) is 0 Å². The van der Waals surface area contributed by atoms with Gasteiger partial charge in [0, 0.05) is 17.1 Å². The molecule has 4 heteroatoms. The zero-order chi connectivity index (χ0) is 15.0. The Labute approximate surface area is 124 Å². The number of fused-ring (bicyclic) bond motifs is 1. The topological polar surface area (TPSA) is 51.5 Å². The van der Waals surface area contributed by atoms with Crippen molar-refractivity contribution < 1.29 is 14.6 Å². The molecule has 1 saturated carbocycles. The number of hydrogen-bond acceptors (Lipinski definition) is 2. The van der Waals surface area contributed by atoms with E-state index in [0.717, 1.165) is 35.2 Å². The SMILES string of the molecule is COc1cccc2c(C(=O)O)c(C)n(C3CCCCC3)c12. The summed E-state index contributed by atoms with van der Waals surface area (Å²) in [4.78, 5) is 11.7. The molecule has 1 heterocycles. The summed E-state index contributed by atoms with van der Waals surface area (Å²) < 4.78 is 7.70. The van der Waals surface area contributed by atoms with Gasteiger partial charge in [0.25, 0.3) is 0 Å². The van der Waals surface area contributed by atoms with Gasteiger partial charge in [-0.1, -0.05) is 31.4 Å². The van der Waals surface area contributed by atoms with Gasteiger partial charge in [-0.25, -0.2) is 4.79 Å². The maximum absolute atomic E-state index is 11.7. The van der Waals surface area contributed by atoms with E-state index in [1.807, 2.05) is 25.1 Å². The Morgan fingerprint density at radius 3 is 2.62 bits per heavy atom. The Hall–Kier alpha value is -1.97. The molecule has 0 aliphatic heterocycles.